The number of imidazole rings is 1. The fourth-order valence-corrected chi connectivity index (χ4v) is 3.96. The van der Waals surface area contributed by atoms with E-state index < -0.39 is 17.9 Å². The first-order valence-corrected chi connectivity index (χ1v) is 10.3. The van der Waals surface area contributed by atoms with Crippen LogP contribution in [0.3, 0.4) is 0 Å². The first kappa shape index (κ1) is 20.5. The molecule has 7 heteroatoms. The van der Waals surface area contributed by atoms with Crippen LogP contribution in [0.1, 0.15) is 34.9 Å². The van der Waals surface area contributed by atoms with E-state index in [1.54, 1.807) is 6.07 Å². The number of amides is 1. The Labute approximate surface area is 172 Å². The molecule has 1 amide bonds. The van der Waals surface area contributed by atoms with Crippen molar-refractivity contribution in [1.29, 1.82) is 0 Å². The molecule has 4 rings (SSSR count). The number of nitrogens with zero attached hydrogens (tertiary/aromatic N) is 1. The van der Waals surface area contributed by atoms with E-state index >= 15 is 0 Å². The minimum Gasteiger partial charge on any atom is -0.480 e. The number of hydrogen-bond donors (Lipinski definition) is 3. The zero-order valence-corrected chi connectivity index (χ0v) is 17.3. The molecule has 29 heavy (non-hydrogen) atoms. The van der Waals surface area contributed by atoms with Crippen LogP contribution < -0.4 is 5.32 Å². The molecular weight excluding hydrogens is 386 g/mol. The number of aromatic nitrogens is 2. The van der Waals surface area contributed by atoms with Gasteiger partial charge in [-0.15, -0.1) is 11.3 Å². The number of carbonyl (C=O) groups is 2. The second kappa shape index (κ2) is 8.87. The van der Waals surface area contributed by atoms with Gasteiger partial charge in [-0.05, 0) is 42.1 Å². The highest BCUT2D eigenvalue weighted by Gasteiger charge is 2.23. The normalized spacial score (nSPS) is 11.7. The molecule has 1 unspecified atom stereocenters. The van der Waals surface area contributed by atoms with Crippen LogP contribution in [0.25, 0.3) is 21.1 Å². The summed E-state index contributed by atoms with van der Waals surface area (Å²) >= 11 is 1.34. The van der Waals surface area contributed by atoms with Gasteiger partial charge in [0.1, 0.15) is 11.9 Å². The lowest BCUT2D eigenvalue weighted by Crippen LogP contribution is -2.42. The first-order chi connectivity index (χ1) is 14.0. The summed E-state index contributed by atoms with van der Waals surface area (Å²) in [4.78, 5) is 32.2. The van der Waals surface area contributed by atoms with Crippen molar-refractivity contribution in [1.82, 2.24) is 15.3 Å². The Morgan fingerprint density at radius 3 is 2.66 bits per heavy atom. The molecule has 0 saturated heterocycles. The largest absolute Gasteiger partial charge is 0.480 e. The van der Waals surface area contributed by atoms with Gasteiger partial charge in [0.2, 0.25) is 0 Å². The predicted molar refractivity (Wildman–Crippen MR) is 117 cm³/mol. The Hall–Kier alpha value is -3.19. The van der Waals surface area contributed by atoms with Gasteiger partial charge in [-0.1, -0.05) is 38.1 Å². The van der Waals surface area contributed by atoms with E-state index in [9.17, 15) is 14.7 Å². The molecule has 0 bridgehead atoms. The molecule has 2 aromatic carbocycles. The van der Waals surface area contributed by atoms with E-state index in [-0.39, 0.29) is 6.42 Å². The fraction of sp³-hybridized carbons (Fsp3) is 0.227. The minimum absolute atomic E-state index is 0.0830. The number of thiophene rings is 1. The molecule has 6 nitrogen and oxygen atoms in total. The maximum Gasteiger partial charge on any atom is 0.326 e. The molecule has 0 fully saturated rings. The lowest BCUT2D eigenvalue weighted by molar-refractivity contribution is -0.139. The monoisotopic (exact) mass is 409 g/mol. The second-order valence-corrected chi connectivity index (χ2v) is 7.50. The average molecular weight is 410 g/mol. The van der Waals surface area contributed by atoms with Crippen LogP contribution in [0.15, 0.2) is 48.5 Å². The van der Waals surface area contributed by atoms with E-state index in [4.69, 9.17) is 0 Å². The molecule has 2 aromatic heterocycles. The fourth-order valence-electron chi connectivity index (χ4n) is 2.99. The number of benzene rings is 2. The SMILES string of the molecule is CC.Cc1ccc2nc(CC(NC(=O)c3cc4ccccc4s3)C(=O)O)[nH]c2c1. The second-order valence-electron chi connectivity index (χ2n) is 6.42. The van der Waals surface area contributed by atoms with Crippen molar-refractivity contribution in [2.24, 2.45) is 0 Å². The molecule has 150 valence electrons. The van der Waals surface area contributed by atoms with Crippen LogP contribution in [0, 0.1) is 6.92 Å². The topological polar surface area (TPSA) is 95.1 Å². The van der Waals surface area contributed by atoms with Crippen molar-refractivity contribution in [3.63, 3.8) is 0 Å². The molecular formula is C22H23N3O3S. The van der Waals surface area contributed by atoms with E-state index in [2.05, 4.69) is 15.3 Å². The molecule has 0 saturated carbocycles. The number of aromatic amines is 1. The number of H-pyrrole nitrogens is 1. The summed E-state index contributed by atoms with van der Waals surface area (Å²) in [6.45, 7) is 5.98. The van der Waals surface area contributed by atoms with E-state index in [1.807, 2.05) is 63.2 Å². The van der Waals surface area contributed by atoms with Gasteiger partial charge in [0.05, 0.1) is 15.9 Å². The lowest BCUT2D eigenvalue weighted by atomic mass is 10.2. The maximum atomic E-state index is 12.5. The zero-order chi connectivity index (χ0) is 21.0. The number of nitrogens with one attached hydrogen (secondary N) is 2. The molecule has 0 spiro atoms. The molecule has 0 aliphatic rings. The van der Waals surface area contributed by atoms with Crippen molar-refractivity contribution < 1.29 is 14.7 Å². The summed E-state index contributed by atoms with van der Waals surface area (Å²) in [6, 6.07) is 14.2. The van der Waals surface area contributed by atoms with Crippen LogP contribution in [0.5, 0.6) is 0 Å². The predicted octanol–water partition coefficient (Wildman–Crippen LogP) is 4.54. The number of carbonyl (C=O) groups excluding carboxylic acids is 1. The summed E-state index contributed by atoms with van der Waals surface area (Å²) in [7, 11) is 0. The van der Waals surface area contributed by atoms with Crippen molar-refractivity contribution >= 4 is 44.3 Å². The average Bonchev–Trinajstić information content (AvgIpc) is 3.32. The third-order valence-electron chi connectivity index (χ3n) is 4.34. The maximum absolute atomic E-state index is 12.5. The first-order valence-electron chi connectivity index (χ1n) is 9.47. The van der Waals surface area contributed by atoms with E-state index in [0.717, 1.165) is 26.7 Å². The van der Waals surface area contributed by atoms with Gasteiger partial charge in [-0.3, -0.25) is 4.79 Å². The number of hydrogen-bond acceptors (Lipinski definition) is 4. The minimum atomic E-state index is -1.10. The summed E-state index contributed by atoms with van der Waals surface area (Å²) in [5.41, 5.74) is 2.71. The number of rotatable bonds is 5. The lowest BCUT2D eigenvalue weighted by Gasteiger charge is -2.12. The van der Waals surface area contributed by atoms with Crippen molar-refractivity contribution in [2.45, 2.75) is 33.2 Å². The smallest absolute Gasteiger partial charge is 0.326 e. The van der Waals surface area contributed by atoms with Crippen LogP contribution in [-0.2, 0) is 11.2 Å². The van der Waals surface area contributed by atoms with Crippen molar-refractivity contribution in [3.8, 4) is 0 Å². The molecule has 0 radical (unpaired) electrons. The Kier molecular flexibility index (Phi) is 6.29. The molecule has 0 aliphatic carbocycles. The third kappa shape index (κ3) is 4.63. The van der Waals surface area contributed by atoms with Crippen molar-refractivity contribution in [2.75, 3.05) is 0 Å². The Bertz CT molecular complexity index is 1130. The van der Waals surface area contributed by atoms with E-state index in [1.165, 1.54) is 11.3 Å². The summed E-state index contributed by atoms with van der Waals surface area (Å²) in [5.74, 6) is -0.962. The van der Waals surface area contributed by atoms with Gasteiger partial charge in [-0.2, -0.15) is 0 Å². The third-order valence-corrected chi connectivity index (χ3v) is 5.45. The highest BCUT2D eigenvalue weighted by Crippen LogP contribution is 2.25. The van der Waals surface area contributed by atoms with Crippen LogP contribution >= 0.6 is 11.3 Å². The van der Waals surface area contributed by atoms with Gasteiger partial charge in [0.15, 0.2) is 0 Å². The molecule has 3 N–H and O–H groups in total. The summed E-state index contributed by atoms with van der Waals surface area (Å²) < 4.78 is 0.988. The zero-order valence-electron chi connectivity index (χ0n) is 16.5. The van der Waals surface area contributed by atoms with Gasteiger partial charge in [-0.25, -0.2) is 9.78 Å². The van der Waals surface area contributed by atoms with Crippen molar-refractivity contribution in [3.05, 3.63) is 64.8 Å². The van der Waals surface area contributed by atoms with E-state index in [0.29, 0.717) is 10.7 Å². The number of aryl methyl sites for hydroxylation is 1. The Morgan fingerprint density at radius 2 is 1.93 bits per heavy atom. The Balaban J connectivity index is 0.00000117. The highest BCUT2D eigenvalue weighted by atomic mass is 32.1. The van der Waals surface area contributed by atoms with Gasteiger partial charge < -0.3 is 15.4 Å². The molecule has 1 atom stereocenters. The molecule has 4 aromatic rings. The molecule has 0 aliphatic heterocycles. The quantitative estimate of drug-likeness (QED) is 0.451. The van der Waals surface area contributed by atoms with Crippen LogP contribution in [-0.4, -0.2) is 33.0 Å². The molecule has 2 heterocycles. The standard InChI is InChI=1S/C20H17N3O3S.C2H6/c1-11-6-7-13-14(8-11)22-18(21-13)10-15(20(25)26)23-19(24)17-9-12-4-2-3-5-16(12)27-17;1-2/h2-9,15H,10H2,1H3,(H,21,22)(H,23,24)(H,25,26);1-2H3. The Morgan fingerprint density at radius 1 is 1.17 bits per heavy atom. The summed E-state index contributed by atoms with van der Waals surface area (Å²) in [5, 5.41) is 13.1. The van der Waals surface area contributed by atoms with Gasteiger partial charge >= 0.3 is 5.97 Å². The van der Waals surface area contributed by atoms with Crippen LogP contribution in [0.4, 0.5) is 0 Å². The highest BCUT2D eigenvalue weighted by molar-refractivity contribution is 7.20. The number of carboxylic acids is 1. The number of carboxylic acid groups (broad SMARTS) is 1. The van der Waals surface area contributed by atoms with Crippen LogP contribution in [0.2, 0.25) is 0 Å². The van der Waals surface area contributed by atoms with Gasteiger partial charge in [0.25, 0.3) is 5.91 Å². The summed E-state index contributed by atoms with van der Waals surface area (Å²) in [6.07, 6.45) is 0.0830. The number of fused-ring (bicyclic) bond motifs is 2. The number of aliphatic carboxylic acids is 1. The van der Waals surface area contributed by atoms with Gasteiger partial charge in [0, 0.05) is 11.1 Å².